The Labute approximate surface area is 115 Å². The van der Waals surface area contributed by atoms with Gasteiger partial charge in [0.05, 0.1) is 0 Å². The highest BCUT2D eigenvalue weighted by molar-refractivity contribution is 9.10. The van der Waals surface area contributed by atoms with Gasteiger partial charge in [-0.1, -0.05) is 0 Å². The fourth-order valence-electron chi connectivity index (χ4n) is 1.35. The second kappa shape index (κ2) is 4.85. The molecule has 0 atom stereocenters. The molecule has 1 heterocycles. The van der Waals surface area contributed by atoms with Crippen LogP contribution in [0.1, 0.15) is 0 Å². The number of hydrogen-bond acceptors (Lipinski definition) is 4. The van der Waals surface area contributed by atoms with E-state index in [4.69, 9.17) is 0 Å². The van der Waals surface area contributed by atoms with Crippen molar-refractivity contribution in [2.75, 3.05) is 4.72 Å². The fourth-order valence-corrected chi connectivity index (χ4v) is 3.55. The molecule has 0 aliphatic rings. The van der Waals surface area contributed by atoms with Crippen LogP contribution in [0.5, 0.6) is 0 Å². The summed E-state index contributed by atoms with van der Waals surface area (Å²) in [6.45, 7) is 0. The molecule has 1 N–H and O–H groups in total. The normalized spacial score (nSPS) is 11.6. The van der Waals surface area contributed by atoms with Crippen molar-refractivity contribution in [1.29, 1.82) is 0 Å². The van der Waals surface area contributed by atoms with E-state index in [2.05, 4.69) is 30.7 Å². The maximum Gasteiger partial charge on any atom is 0.268 e. The molecule has 0 saturated heterocycles. The van der Waals surface area contributed by atoms with Gasteiger partial charge in [0.1, 0.15) is 22.9 Å². The molecule has 0 aliphatic heterocycles. The van der Waals surface area contributed by atoms with Crippen LogP contribution in [0.25, 0.3) is 0 Å². The third-order valence-corrected chi connectivity index (χ3v) is 4.46. The summed E-state index contributed by atoms with van der Waals surface area (Å²) < 4.78 is 53.6. The number of benzene rings is 1. The zero-order chi connectivity index (χ0) is 14.2. The van der Waals surface area contributed by atoms with E-state index in [1.165, 1.54) is 7.05 Å². The van der Waals surface area contributed by atoms with E-state index in [1.54, 1.807) is 0 Å². The molecular weight excluding hydrogens is 346 g/mol. The molecule has 0 fully saturated rings. The SMILES string of the molecule is Cn1ncnc1NS(=O)(=O)c1c(F)cc(F)cc1Br. The summed E-state index contributed by atoms with van der Waals surface area (Å²) in [6, 6.07) is 1.34. The summed E-state index contributed by atoms with van der Waals surface area (Å²) in [7, 11) is -2.79. The van der Waals surface area contributed by atoms with Crippen molar-refractivity contribution in [3.8, 4) is 0 Å². The predicted molar refractivity (Wildman–Crippen MR) is 65.9 cm³/mol. The molecule has 0 saturated carbocycles. The van der Waals surface area contributed by atoms with Gasteiger partial charge in [0.2, 0.25) is 5.95 Å². The summed E-state index contributed by atoms with van der Waals surface area (Å²) >= 11 is 2.81. The first kappa shape index (κ1) is 13.9. The Morgan fingerprint density at radius 3 is 2.58 bits per heavy atom. The molecule has 0 amide bonds. The molecule has 0 aliphatic carbocycles. The summed E-state index contributed by atoms with van der Waals surface area (Å²) in [5.74, 6) is -2.18. The lowest BCUT2D eigenvalue weighted by Crippen LogP contribution is -2.18. The highest BCUT2D eigenvalue weighted by atomic mass is 79.9. The maximum atomic E-state index is 13.6. The second-order valence-electron chi connectivity index (χ2n) is 3.51. The number of aromatic nitrogens is 3. The average Bonchev–Trinajstić information content (AvgIpc) is 2.61. The van der Waals surface area contributed by atoms with Gasteiger partial charge in [0.15, 0.2) is 0 Å². The first-order valence-corrected chi connectivity index (χ1v) is 7.10. The molecule has 2 aromatic rings. The third-order valence-electron chi connectivity index (χ3n) is 2.17. The van der Waals surface area contributed by atoms with Gasteiger partial charge in [-0.2, -0.15) is 10.1 Å². The summed E-state index contributed by atoms with van der Waals surface area (Å²) in [6.07, 6.45) is 1.13. The molecular formula is C9H7BrF2N4O2S. The molecule has 19 heavy (non-hydrogen) atoms. The minimum Gasteiger partial charge on any atom is -0.247 e. The largest absolute Gasteiger partial charge is 0.268 e. The van der Waals surface area contributed by atoms with Crippen LogP contribution in [-0.4, -0.2) is 23.2 Å². The van der Waals surface area contributed by atoms with Crippen LogP contribution in [0.4, 0.5) is 14.7 Å². The fraction of sp³-hybridized carbons (Fsp3) is 0.111. The molecule has 0 radical (unpaired) electrons. The van der Waals surface area contributed by atoms with E-state index >= 15 is 0 Å². The van der Waals surface area contributed by atoms with Crippen LogP contribution in [0.15, 0.2) is 27.8 Å². The van der Waals surface area contributed by atoms with Crippen LogP contribution >= 0.6 is 15.9 Å². The monoisotopic (exact) mass is 352 g/mol. The Morgan fingerprint density at radius 2 is 2.05 bits per heavy atom. The van der Waals surface area contributed by atoms with Gasteiger partial charge in [0.25, 0.3) is 10.0 Å². The predicted octanol–water partition coefficient (Wildman–Crippen LogP) is 1.66. The maximum absolute atomic E-state index is 13.6. The van der Waals surface area contributed by atoms with Gasteiger partial charge >= 0.3 is 0 Å². The average molecular weight is 353 g/mol. The Morgan fingerprint density at radius 1 is 1.37 bits per heavy atom. The topological polar surface area (TPSA) is 76.9 Å². The van der Waals surface area contributed by atoms with E-state index < -0.39 is 26.6 Å². The number of aryl methyl sites for hydroxylation is 1. The van der Waals surface area contributed by atoms with Gasteiger partial charge < -0.3 is 0 Å². The van der Waals surface area contributed by atoms with E-state index in [0.717, 1.165) is 17.1 Å². The van der Waals surface area contributed by atoms with E-state index in [1.807, 2.05) is 0 Å². The Balaban J connectivity index is 2.49. The van der Waals surface area contributed by atoms with Crippen LogP contribution < -0.4 is 4.72 Å². The number of nitrogens with zero attached hydrogens (tertiary/aromatic N) is 3. The van der Waals surface area contributed by atoms with Gasteiger partial charge in [0, 0.05) is 17.6 Å². The van der Waals surface area contributed by atoms with Gasteiger partial charge in [-0.25, -0.2) is 26.6 Å². The Kier molecular flexibility index (Phi) is 3.54. The third kappa shape index (κ3) is 2.73. The molecule has 1 aromatic heterocycles. The molecule has 6 nitrogen and oxygen atoms in total. The van der Waals surface area contributed by atoms with Crippen molar-refractivity contribution in [2.24, 2.45) is 7.05 Å². The quantitative estimate of drug-likeness (QED) is 0.911. The number of hydrogen-bond donors (Lipinski definition) is 1. The molecule has 10 heteroatoms. The highest BCUT2D eigenvalue weighted by Gasteiger charge is 2.25. The first-order valence-electron chi connectivity index (χ1n) is 4.82. The zero-order valence-electron chi connectivity index (χ0n) is 9.43. The number of halogens is 3. The lowest BCUT2D eigenvalue weighted by Gasteiger charge is -2.09. The van der Waals surface area contributed by atoms with Crippen molar-refractivity contribution in [1.82, 2.24) is 14.8 Å². The van der Waals surface area contributed by atoms with Crippen molar-refractivity contribution >= 4 is 31.9 Å². The second-order valence-corrected chi connectivity index (χ2v) is 5.98. The molecule has 1 aromatic carbocycles. The van der Waals surface area contributed by atoms with Gasteiger partial charge in [-0.05, 0) is 22.0 Å². The van der Waals surface area contributed by atoms with Crippen molar-refractivity contribution in [3.63, 3.8) is 0 Å². The highest BCUT2D eigenvalue weighted by Crippen LogP contribution is 2.27. The lowest BCUT2D eigenvalue weighted by molar-refractivity contribution is 0.548. The minimum absolute atomic E-state index is 0.0874. The molecule has 0 spiro atoms. The standard InChI is InChI=1S/C9H7BrF2N4O2S/c1-16-9(13-4-14-16)15-19(17,18)8-6(10)2-5(11)3-7(8)12/h2-4H,1H3,(H,13,14,15). The smallest absolute Gasteiger partial charge is 0.247 e. The van der Waals surface area contributed by atoms with Crippen LogP contribution in [0.3, 0.4) is 0 Å². The number of rotatable bonds is 3. The van der Waals surface area contributed by atoms with Crippen molar-refractivity contribution in [2.45, 2.75) is 4.90 Å². The molecule has 2 rings (SSSR count). The summed E-state index contributed by atoms with van der Waals surface area (Å²) in [5, 5.41) is 3.67. The molecule has 0 bridgehead atoms. The van der Waals surface area contributed by atoms with Crippen molar-refractivity contribution < 1.29 is 17.2 Å². The first-order chi connectivity index (χ1) is 8.81. The van der Waals surface area contributed by atoms with Crippen LogP contribution in [-0.2, 0) is 17.1 Å². The van der Waals surface area contributed by atoms with Crippen LogP contribution in [0.2, 0.25) is 0 Å². The molecule has 0 unspecified atom stereocenters. The van der Waals surface area contributed by atoms with E-state index in [9.17, 15) is 17.2 Å². The Hall–Kier alpha value is -1.55. The minimum atomic E-state index is -4.25. The van der Waals surface area contributed by atoms with Crippen molar-refractivity contribution in [3.05, 3.63) is 34.6 Å². The Bertz CT molecular complexity index is 709. The number of sulfonamides is 1. The zero-order valence-corrected chi connectivity index (χ0v) is 11.8. The van der Waals surface area contributed by atoms with Crippen LogP contribution in [0, 0.1) is 11.6 Å². The summed E-state index contributed by atoms with van der Waals surface area (Å²) in [5.41, 5.74) is 0. The number of nitrogens with one attached hydrogen (secondary N) is 1. The van der Waals surface area contributed by atoms with Gasteiger partial charge in [-0.15, -0.1) is 0 Å². The lowest BCUT2D eigenvalue weighted by atomic mass is 10.3. The van der Waals surface area contributed by atoms with E-state index in [0.29, 0.717) is 6.07 Å². The van der Waals surface area contributed by atoms with Gasteiger partial charge in [-0.3, -0.25) is 0 Å². The number of anilines is 1. The van der Waals surface area contributed by atoms with E-state index in [-0.39, 0.29) is 10.4 Å². The summed E-state index contributed by atoms with van der Waals surface area (Å²) in [4.78, 5) is 2.96. The molecule has 102 valence electrons.